The van der Waals surface area contributed by atoms with Crippen LogP contribution in [0.15, 0.2) is 24.3 Å². The van der Waals surface area contributed by atoms with Crippen LogP contribution in [0.2, 0.25) is 5.02 Å². The molecule has 0 radical (unpaired) electrons. The van der Waals surface area contributed by atoms with E-state index in [9.17, 15) is 0 Å². The zero-order valence-electron chi connectivity index (χ0n) is 11.9. The van der Waals surface area contributed by atoms with Gasteiger partial charge in [-0.1, -0.05) is 58.4 Å². The first kappa shape index (κ1) is 16.7. The predicted octanol–water partition coefficient (Wildman–Crippen LogP) is 5.09. The maximum atomic E-state index is 6.07. The van der Waals surface area contributed by atoms with Crippen LogP contribution in [0.3, 0.4) is 0 Å². The van der Waals surface area contributed by atoms with Gasteiger partial charge in [0.1, 0.15) is 5.82 Å². The van der Waals surface area contributed by atoms with Gasteiger partial charge in [0.25, 0.3) is 0 Å². The molecule has 1 aromatic heterocycles. The van der Waals surface area contributed by atoms with E-state index in [2.05, 4.69) is 11.9 Å². The van der Waals surface area contributed by atoms with E-state index in [1.54, 1.807) is 0 Å². The standard InChI is InChI=1S/C11H11ClN2.2C2H6/c1-2-10-7-4-3-5-9(12)8(7)6-11(13)14-10;2*1-2/h3-6H,2H2,1H3,(H2,13,14);2*1-2H3. The summed E-state index contributed by atoms with van der Waals surface area (Å²) in [5, 5.41) is 2.80. The summed E-state index contributed by atoms with van der Waals surface area (Å²) >= 11 is 6.07. The Bertz CT molecular complexity index is 481. The van der Waals surface area contributed by atoms with Crippen LogP contribution >= 0.6 is 11.6 Å². The van der Waals surface area contributed by atoms with E-state index in [0.29, 0.717) is 5.82 Å². The second-order valence-corrected chi connectivity index (χ2v) is 3.59. The number of fused-ring (bicyclic) bond motifs is 1. The minimum absolute atomic E-state index is 0.530. The molecule has 2 N–H and O–H groups in total. The van der Waals surface area contributed by atoms with E-state index in [1.165, 1.54) is 0 Å². The number of anilines is 1. The molecule has 0 amide bonds. The molecule has 0 aliphatic rings. The lowest BCUT2D eigenvalue weighted by molar-refractivity contribution is 1.06. The third kappa shape index (κ3) is 3.88. The Morgan fingerprint density at radius 3 is 2.28 bits per heavy atom. The van der Waals surface area contributed by atoms with Gasteiger partial charge in [-0.2, -0.15) is 0 Å². The number of hydrogen-bond acceptors (Lipinski definition) is 2. The summed E-state index contributed by atoms with van der Waals surface area (Å²) < 4.78 is 0. The fourth-order valence-corrected chi connectivity index (χ4v) is 1.83. The highest BCUT2D eigenvalue weighted by Crippen LogP contribution is 2.26. The first-order valence-electron chi connectivity index (χ1n) is 6.56. The first-order chi connectivity index (χ1) is 8.72. The maximum absolute atomic E-state index is 6.07. The van der Waals surface area contributed by atoms with Crippen LogP contribution in [0.5, 0.6) is 0 Å². The number of rotatable bonds is 1. The first-order valence-corrected chi connectivity index (χ1v) is 6.93. The van der Waals surface area contributed by atoms with Crippen molar-refractivity contribution >= 4 is 28.2 Å². The third-order valence-electron chi connectivity index (χ3n) is 2.25. The van der Waals surface area contributed by atoms with Crippen molar-refractivity contribution in [3.8, 4) is 0 Å². The van der Waals surface area contributed by atoms with Crippen molar-refractivity contribution in [1.29, 1.82) is 0 Å². The molecule has 2 aromatic rings. The molecule has 0 fully saturated rings. The minimum Gasteiger partial charge on any atom is -0.384 e. The Kier molecular flexibility index (Phi) is 8.14. The van der Waals surface area contributed by atoms with E-state index < -0.39 is 0 Å². The lowest BCUT2D eigenvalue weighted by Gasteiger charge is -2.06. The van der Waals surface area contributed by atoms with Crippen molar-refractivity contribution in [1.82, 2.24) is 4.98 Å². The molecule has 3 heteroatoms. The molecule has 0 atom stereocenters. The summed E-state index contributed by atoms with van der Waals surface area (Å²) in [5.74, 6) is 0.530. The zero-order chi connectivity index (χ0) is 14.1. The molecule has 0 unspecified atom stereocenters. The summed E-state index contributed by atoms with van der Waals surface area (Å²) in [6.07, 6.45) is 0.863. The van der Waals surface area contributed by atoms with E-state index in [4.69, 9.17) is 17.3 Å². The lowest BCUT2D eigenvalue weighted by Crippen LogP contribution is -1.96. The molecule has 0 aliphatic carbocycles. The van der Waals surface area contributed by atoms with Gasteiger partial charge in [0, 0.05) is 15.8 Å². The van der Waals surface area contributed by atoms with E-state index in [-0.39, 0.29) is 0 Å². The Morgan fingerprint density at radius 2 is 1.72 bits per heavy atom. The van der Waals surface area contributed by atoms with Crippen molar-refractivity contribution in [2.45, 2.75) is 41.0 Å². The van der Waals surface area contributed by atoms with Gasteiger partial charge < -0.3 is 5.73 Å². The van der Waals surface area contributed by atoms with Gasteiger partial charge in [-0.3, -0.25) is 0 Å². The molecule has 0 saturated carbocycles. The van der Waals surface area contributed by atoms with Crippen molar-refractivity contribution in [2.75, 3.05) is 5.73 Å². The number of hydrogen-bond donors (Lipinski definition) is 1. The van der Waals surface area contributed by atoms with Gasteiger partial charge in [0.05, 0.1) is 5.69 Å². The van der Waals surface area contributed by atoms with Crippen molar-refractivity contribution < 1.29 is 0 Å². The second-order valence-electron chi connectivity index (χ2n) is 3.18. The SMILES string of the molecule is CC.CC.CCc1nc(N)cc2c(Cl)cccc12. The number of nitrogens with two attached hydrogens (primary N) is 1. The number of pyridine rings is 1. The fourth-order valence-electron chi connectivity index (χ4n) is 1.60. The molecule has 1 aromatic carbocycles. The topological polar surface area (TPSA) is 38.9 Å². The summed E-state index contributed by atoms with van der Waals surface area (Å²) in [5.41, 5.74) is 6.70. The van der Waals surface area contributed by atoms with Gasteiger partial charge in [0.2, 0.25) is 0 Å². The number of aromatic nitrogens is 1. The molecule has 18 heavy (non-hydrogen) atoms. The third-order valence-corrected chi connectivity index (χ3v) is 2.58. The zero-order valence-corrected chi connectivity index (χ0v) is 12.7. The van der Waals surface area contributed by atoms with E-state index >= 15 is 0 Å². The number of aryl methyl sites for hydroxylation is 1. The summed E-state index contributed by atoms with van der Waals surface area (Å²) in [6.45, 7) is 10.1. The van der Waals surface area contributed by atoms with Gasteiger partial charge in [-0.15, -0.1) is 0 Å². The number of nitrogens with zero attached hydrogens (tertiary/aromatic N) is 1. The summed E-state index contributed by atoms with van der Waals surface area (Å²) in [6, 6.07) is 7.63. The Morgan fingerprint density at radius 1 is 1.11 bits per heavy atom. The molecule has 0 bridgehead atoms. The van der Waals surface area contributed by atoms with Gasteiger partial charge in [-0.25, -0.2) is 4.98 Å². The molecular formula is C15H23ClN2. The van der Waals surface area contributed by atoms with Crippen LogP contribution in [0.25, 0.3) is 10.8 Å². The normalized spacial score (nSPS) is 9.00. The van der Waals surface area contributed by atoms with Crippen LogP contribution in [-0.2, 0) is 6.42 Å². The monoisotopic (exact) mass is 266 g/mol. The van der Waals surface area contributed by atoms with E-state index in [0.717, 1.165) is 27.9 Å². The van der Waals surface area contributed by atoms with Gasteiger partial charge >= 0.3 is 0 Å². The molecule has 0 saturated heterocycles. The minimum atomic E-state index is 0.530. The molecule has 1 heterocycles. The summed E-state index contributed by atoms with van der Waals surface area (Å²) in [7, 11) is 0. The highest BCUT2D eigenvalue weighted by Gasteiger charge is 2.04. The molecule has 0 aliphatic heterocycles. The molecule has 2 nitrogen and oxygen atoms in total. The highest BCUT2D eigenvalue weighted by molar-refractivity contribution is 6.35. The van der Waals surface area contributed by atoms with Crippen LogP contribution < -0.4 is 5.73 Å². The Balaban J connectivity index is 0.000000659. The van der Waals surface area contributed by atoms with E-state index in [1.807, 2.05) is 52.0 Å². The van der Waals surface area contributed by atoms with Crippen molar-refractivity contribution in [3.63, 3.8) is 0 Å². The smallest absolute Gasteiger partial charge is 0.124 e. The number of halogens is 1. The molecular weight excluding hydrogens is 244 g/mol. The number of nitrogen functional groups attached to an aromatic ring is 1. The van der Waals surface area contributed by atoms with Crippen molar-refractivity contribution in [2.24, 2.45) is 0 Å². The quantitative estimate of drug-likeness (QED) is 0.781. The van der Waals surface area contributed by atoms with Crippen LogP contribution in [0, 0.1) is 0 Å². The van der Waals surface area contributed by atoms with Crippen LogP contribution in [-0.4, -0.2) is 4.98 Å². The molecule has 100 valence electrons. The van der Waals surface area contributed by atoms with Crippen LogP contribution in [0.1, 0.15) is 40.3 Å². The number of benzene rings is 1. The Labute approximate surface area is 115 Å². The lowest BCUT2D eigenvalue weighted by atomic mass is 10.1. The predicted molar refractivity (Wildman–Crippen MR) is 83.2 cm³/mol. The Hall–Kier alpha value is -1.28. The summed E-state index contributed by atoms with van der Waals surface area (Å²) in [4.78, 5) is 4.28. The average molecular weight is 267 g/mol. The second kappa shape index (κ2) is 8.76. The van der Waals surface area contributed by atoms with Gasteiger partial charge in [0.15, 0.2) is 0 Å². The fraction of sp³-hybridized carbons (Fsp3) is 0.400. The average Bonchev–Trinajstić information content (AvgIpc) is 2.43. The van der Waals surface area contributed by atoms with Crippen molar-refractivity contribution in [3.05, 3.63) is 35.0 Å². The largest absolute Gasteiger partial charge is 0.384 e. The maximum Gasteiger partial charge on any atom is 0.124 e. The highest BCUT2D eigenvalue weighted by atomic mass is 35.5. The van der Waals surface area contributed by atoms with Crippen LogP contribution in [0.4, 0.5) is 5.82 Å². The van der Waals surface area contributed by atoms with Gasteiger partial charge in [-0.05, 0) is 18.6 Å². The molecule has 0 spiro atoms. The molecule has 2 rings (SSSR count).